The number of ether oxygens (including phenoxy) is 3. The normalized spacial score (nSPS) is 16.8. The van der Waals surface area contributed by atoms with Gasteiger partial charge in [-0.15, -0.1) is 0 Å². The number of amides is 1. The first-order chi connectivity index (χ1) is 13.2. The van der Waals surface area contributed by atoms with Crippen molar-refractivity contribution in [1.29, 1.82) is 0 Å². The average Bonchev–Trinajstić information content (AvgIpc) is 3.26. The zero-order chi connectivity index (χ0) is 18.8. The van der Waals surface area contributed by atoms with Crippen LogP contribution >= 0.6 is 0 Å². The van der Waals surface area contributed by atoms with E-state index in [0.29, 0.717) is 23.9 Å². The Morgan fingerprint density at radius 2 is 1.96 bits per heavy atom. The van der Waals surface area contributed by atoms with E-state index in [1.54, 1.807) is 18.2 Å². The molecule has 2 aliphatic heterocycles. The molecule has 0 saturated carbocycles. The Labute approximate surface area is 156 Å². The van der Waals surface area contributed by atoms with Crippen LogP contribution in [0.3, 0.4) is 0 Å². The van der Waals surface area contributed by atoms with Crippen LogP contribution in [0.25, 0.3) is 6.08 Å². The molecule has 2 N–H and O–H groups in total. The molecule has 0 aliphatic carbocycles. The van der Waals surface area contributed by atoms with Gasteiger partial charge in [0.1, 0.15) is 11.4 Å². The lowest BCUT2D eigenvalue weighted by atomic mass is 10.1. The molecule has 0 atom stereocenters. The lowest BCUT2D eigenvalue weighted by molar-refractivity contribution is -0.122. The summed E-state index contributed by atoms with van der Waals surface area (Å²) in [6, 6.07) is 12.8. The van der Waals surface area contributed by atoms with Crippen molar-refractivity contribution in [2.75, 3.05) is 13.4 Å². The van der Waals surface area contributed by atoms with Gasteiger partial charge in [-0.05, 0) is 54.5 Å². The monoisotopic (exact) mass is 365 g/mol. The highest BCUT2D eigenvalue weighted by molar-refractivity contribution is 6.19. The Morgan fingerprint density at radius 3 is 2.74 bits per heavy atom. The molecule has 0 saturated heterocycles. The molecule has 2 aromatic carbocycles. The van der Waals surface area contributed by atoms with Gasteiger partial charge in [0.25, 0.3) is 5.91 Å². The number of hydrogen-bond donors (Lipinski definition) is 1. The third kappa shape index (κ3) is 3.37. The van der Waals surface area contributed by atoms with Crippen LogP contribution in [0.15, 0.2) is 53.2 Å². The van der Waals surface area contributed by atoms with Gasteiger partial charge in [-0.25, -0.2) is 15.8 Å². The Morgan fingerprint density at radius 1 is 1.19 bits per heavy atom. The molecule has 138 valence electrons. The molecule has 0 unspecified atom stereocenters. The largest absolute Gasteiger partial charge is 0.494 e. The van der Waals surface area contributed by atoms with Crippen LogP contribution in [0.5, 0.6) is 17.2 Å². The molecular weight excluding hydrogens is 346 g/mol. The number of hydrogen-bond acceptors (Lipinski definition) is 6. The highest BCUT2D eigenvalue weighted by Crippen LogP contribution is 2.33. The lowest BCUT2D eigenvalue weighted by Crippen LogP contribution is -2.38. The number of benzene rings is 2. The molecule has 27 heavy (non-hydrogen) atoms. The third-order valence-electron chi connectivity index (χ3n) is 4.18. The van der Waals surface area contributed by atoms with Crippen molar-refractivity contribution >= 4 is 17.8 Å². The van der Waals surface area contributed by atoms with Crippen LogP contribution < -0.4 is 20.1 Å². The number of amidine groups is 1. The number of fused-ring (bicyclic) bond motifs is 1. The van der Waals surface area contributed by atoms with Crippen molar-refractivity contribution in [3.8, 4) is 17.2 Å². The molecule has 0 spiro atoms. The van der Waals surface area contributed by atoms with E-state index in [1.165, 1.54) is 0 Å². The predicted molar refractivity (Wildman–Crippen MR) is 100 cm³/mol. The number of nitrogens with zero attached hydrogens (tertiary/aromatic N) is 2. The van der Waals surface area contributed by atoms with Crippen molar-refractivity contribution in [2.24, 2.45) is 10.8 Å². The maximum absolute atomic E-state index is 12.5. The van der Waals surface area contributed by atoms with Gasteiger partial charge < -0.3 is 14.2 Å². The molecule has 7 heteroatoms. The standard InChI is InChI=1S/C20H19N3O4/c1-2-9-25-15-6-4-14(5-7-15)19-22-16(20(24)23(19)21)10-13-3-8-17-18(11-13)27-12-26-17/h3-8,10-11H,2,9,12,21H2,1H3. The van der Waals surface area contributed by atoms with Crippen LogP contribution in [-0.4, -0.2) is 30.2 Å². The molecule has 2 aromatic rings. The smallest absolute Gasteiger partial charge is 0.292 e. The fourth-order valence-corrected chi connectivity index (χ4v) is 2.81. The SMILES string of the molecule is CCCOc1ccc(C2=NC(=Cc3ccc4c(c3)OCO4)C(=O)N2N)cc1. The maximum Gasteiger partial charge on any atom is 0.292 e. The minimum atomic E-state index is -0.367. The van der Waals surface area contributed by atoms with Gasteiger partial charge in [-0.1, -0.05) is 13.0 Å². The zero-order valence-electron chi connectivity index (χ0n) is 14.8. The summed E-state index contributed by atoms with van der Waals surface area (Å²) in [5.41, 5.74) is 1.78. The van der Waals surface area contributed by atoms with Crippen molar-refractivity contribution in [3.63, 3.8) is 0 Å². The summed E-state index contributed by atoms with van der Waals surface area (Å²) in [5.74, 6) is 8.07. The van der Waals surface area contributed by atoms with Gasteiger partial charge in [0.15, 0.2) is 17.3 Å². The van der Waals surface area contributed by atoms with Gasteiger partial charge in [0.2, 0.25) is 6.79 Å². The number of aliphatic imine (C=N–C) groups is 1. The van der Waals surface area contributed by atoms with E-state index >= 15 is 0 Å². The summed E-state index contributed by atoms with van der Waals surface area (Å²) in [6.07, 6.45) is 2.61. The van der Waals surface area contributed by atoms with Gasteiger partial charge in [0.05, 0.1) is 6.61 Å². The Kier molecular flexibility index (Phi) is 4.52. The second kappa shape index (κ2) is 7.13. The molecule has 0 bridgehead atoms. The summed E-state index contributed by atoms with van der Waals surface area (Å²) in [5, 5.41) is 1.06. The third-order valence-corrected chi connectivity index (χ3v) is 4.18. The molecule has 0 fully saturated rings. The van der Waals surface area contributed by atoms with E-state index in [0.717, 1.165) is 28.3 Å². The van der Waals surface area contributed by atoms with Gasteiger partial charge in [-0.3, -0.25) is 4.79 Å². The van der Waals surface area contributed by atoms with Crippen molar-refractivity contribution in [1.82, 2.24) is 5.01 Å². The fraction of sp³-hybridized carbons (Fsp3) is 0.200. The second-order valence-electron chi connectivity index (χ2n) is 6.13. The van der Waals surface area contributed by atoms with E-state index in [9.17, 15) is 4.79 Å². The number of hydrazine groups is 1. The Balaban J connectivity index is 1.60. The van der Waals surface area contributed by atoms with Crippen LogP contribution in [0.4, 0.5) is 0 Å². The van der Waals surface area contributed by atoms with Crippen molar-refractivity contribution < 1.29 is 19.0 Å². The van der Waals surface area contributed by atoms with E-state index in [4.69, 9.17) is 20.1 Å². The Bertz CT molecular complexity index is 935. The molecule has 0 radical (unpaired) electrons. The lowest BCUT2D eigenvalue weighted by Gasteiger charge is -2.11. The maximum atomic E-state index is 12.5. The van der Waals surface area contributed by atoms with Crippen LogP contribution in [0, 0.1) is 0 Å². The number of rotatable bonds is 5. The molecule has 7 nitrogen and oxygen atoms in total. The number of nitrogens with two attached hydrogens (primary N) is 1. The van der Waals surface area contributed by atoms with E-state index in [1.807, 2.05) is 37.3 Å². The average molecular weight is 365 g/mol. The van der Waals surface area contributed by atoms with Crippen molar-refractivity contribution in [3.05, 3.63) is 59.3 Å². The van der Waals surface area contributed by atoms with Gasteiger partial charge in [0, 0.05) is 5.56 Å². The summed E-state index contributed by atoms with van der Waals surface area (Å²) >= 11 is 0. The Hall–Kier alpha value is -3.32. The predicted octanol–water partition coefficient (Wildman–Crippen LogP) is 2.71. The highest BCUT2D eigenvalue weighted by Gasteiger charge is 2.29. The molecule has 2 heterocycles. The summed E-state index contributed by atoms with van der Waals surface area (Å²) in [4.78, 5) is 16.9. The summed E-state index contributed by atoms with van der Waals surface area (Å²) in [6.45, 7) is 2.91. The second-order valence-corrected chi connectivity index (χ2v) is 6.13. The molecule has 4 rings (SSSR count). The summed E-state index contributed by atoms with van der Waals surface area (Å²) < 4.78 is 16.2. The first-order valence-corrected chi connectivity index (χ1v) is 8.68. The fourth-order valence-electron chi connectivity index (χ4n) is 2.81. The minimum absolute atomic E-state index is 0.200. The molecular formula is C20H19N3O4. The zero-order valence-corrected chi connectivity index (χ0v) is 14.8. The molecule has 2 aliphatic rings. The quantitative estimate of drug-likeness (QED) is 0.500. The molecule has 0 aromatic heterocycles. The highest BCUT2D eigenvalue weighted by atomic mass is 16.7. The molecule has 1 amide bonds. The first kappa shape index (κ1) is 17.1. The van der Waals surface area contributed by atoms with E-state index in [2.05, 4.69) is 4.99 Å². The number of carbonyl (C=O) groups excluding carboxylic acids is 1. The van der Waals surface area contributed by atoms with Gasteiger partial charge >= 0.3 is 0 Å². The van der Waals surface area contributed by atoms with Crippen molar-refractivity contribution in [2.45, 2.75) is 13.3 Å². The summed E-state index contributed by atoms with van der Waals surface area (Å²) in [7, 11) is 0. The topological polar surface area (TPSA) is 86.4 Å². The van der Waals surface area contributed by atoms with Crippen LogP contribution in [0.2, 0.25) is 0 Å². The van der Waals surface area contributed by atoms with E-state index in [-0.39, 0.29) is 18.4 Å². The van der Waals surface area contributed by atoms with Crippen LogP contribution in [-0.2, 0) is 4.79 Å². The van der Waals surface area contributed by atoms with Gasteiger partial charge in [-0.2, -0.15) is 0 Å². The number of carbonyl (C=O) groups is 1. The first-order valence-electron chi connectivity index (χ1n) is 8.68. The van der Waals surface area contributed by atoms with E-state index < -0.39 is 0 Å². The van der Waals surface area contributed by atoms with Crippen LogP contribution in [0.1, 0.15) is 24.5 Å². The minimum Gasteiger partial charge on any atom is -0.494 e.